The van der Waals surface area contributed by atoms with Crippen LogP contribution in [0.2, 0.25) is 5.02 Å². The number of allylic oxidation sites excluding steroid dienone is 3. The van der Waals surface area contributed by atoms with Gasteiger partial charge in [-0.1, -0.05) is 49.7 Å². The average Bonchev–Trinajstić information content (AvgIpc) is 2.87. The van der Waals surface area contributed by atoms with Crippen molar-refractivity contribution in [1.29, 1.82) is 0 Å². The summed E-state index contributed by atoms with van der Waals surface area (Å²) in [7, 11) is 0. The average molecular weight is 508 g/mol. The van der Waals surface area contributed by atoms with Crippen LogP contribution >= 0.6 is 11.6 Å². The van der Waals surface area contributed by atoms with Gasteiger partial charge >= 0.3 is 5.97 Å². The van der Waals surface area contributed by atoms with Gasteiger partial charge in [-0.15, -0.1) is 0 Å². The third-order valence-corrected chi connectivity index (χ3v) is 7.21. The normalized spacial score (nSPS) is 20.5. The Hall–Kier alpha value is -3.05. The second-order valence-electron chi connectivity index (χ2n) is 9.61. The summed E-state index contributed by atoms with van der Waals surface area (Å²) in [5, 5.41) is 4.08. The number of halogens is 1. The van der Waals surface area contributed by atoms with Gasteiger partial charge in [0, 0.05) is 34.3 Å². The van der Waals surface area contributed by atoms with E-state index in [0.29, 0.717) is 35.6 Å². The number of hydrogen-bond donors (Lipinski definition) is 1. The number of ketones is 1. The molecule has 3 atom stereocenters. The molecule has 0 saturated heterocycles. The van der Waals surface area contributed by atoms with E-state index in [0.717, 1.165) is 41.1 Å². The number of carbonyl (C=O) groups is 2. The van der Waals surface area contributed by atoms with Crippen molar-refractivity contribution in [2.75, 3.05) is 6.61 Å². The number of ether oxygens (including phenoxy) is 2. The molecule has 190 valence electrons. The van der Waals surface area contributed by atoms with Crippen LogP contribution in [-0.2, 0) is 14.3 Å². The second kappa shape index (κ2) is 11.3. The predicted octanol–water partition coefficient (Wildman–Crippen LogP) is 6.83. The number of esters is 1. The molecular formula is C30H34ClNO4. The second-order valence-corrected chi connectivity index (χ2v) is 10.0. The molecule has 1 aliphatic carbocycles. The van der Waals surface area contributed by atoms with Gasteiger partial charge in [0.1, 0.15) is 5.75 Å². The number of hydrogen-bond acceptors (Lipinski definition) is 5. The van der Waals surface area contributed by atoms with Crippen LogP contribution in [0.25, 0.3) is 0 Å². The molecule has 2 aliphatic rings. The fourth-order valence-electron chi connectivity index (χ4n) is 4.92. The highest BCUT2D eigenvalue weighted by atomic mass is 35.5. The van der Waals surface area contributed by atoms with E-state index >= 15 is 0 Å². The van der Waals surface area contributed by atoms with Crippen LogP contribution in [0.1, 0.15) is 76.3 Å². The number of carbonyl (C=O) groups excluding carboxylic acids is 2. The summed E-state index contributed by atoms with van der Waals surface area (Å²) in [5.74, 6) is -0.0123. The van der Waals surface area contributed by atoms with Gasteiger partial charge in [-0.3, -0.25) is 4.79 Å². The first kappa shape index (κ1) is 26.0. The lowest BCUT2D eigenvalue weighted by atomic mass is 9.71. The van der Waals surface area contributed by atoms with Crippen molar-refractivity contribution in [3.05, 3.63) is 87.2 Å². The van der Waals surface area contributed by atoms with Crippen molar-refractivity contribution in [2.24, 2.45) is 0 Å². The molecule has 2 aromatic carbocycles. The fourth-order valence-corrected chi connectivity index (χ4v) is 5.05. The minimum atomic E-state index is -0.489. The van der Waals surface area contributed by atoms with Crippen molar-refractivity contribution in [2.45, 2.75) is 71.3 Å². The van der Waals surface area contributed by atoms with Crippen molar-refractivity contribution >= 4 is 23.4 Å². The Bertz CT molecular complexity index is 1180. The molecule has 0 bridgehead atoms. The van der Waals surface area contributed by atoms with Gasteiger partial charge in [-0.25, -0.2) is 4.79 Å². The Morgan fingerprint density at radius 2 is 1.72 bits per heavy atom. The Labute approximate surface area is 218 Å². The third-order valence-electron chi connectivity index (χ3n) is 6.96. The first-order valence-corrected chi connectivity index (χ1v) is 13.1. The molecule has 4 rings (SSSR count). The maximum atomic E-state index is 13.7. The maximum absolute atomic E-state index is 13.7. The van der Waals surface area contributed by atoms with Crippen LogP contribution < -0.4 is 10.1 Å². The minimum absolute atomic E-state index is 0.0429. The van der Waals surface area contributed by atoms with E-state index in [2.05, 4.69) is 12.2 Å². The van der Waals surface area contributed by atoms with E-state index in [1.165, 1.54) is 0 Å². The van der Waals surface area contributed by atoms with Crippen LogP contribution in [0.15, 0.2) is 71.1 Å². The molecule has 1 heterocycles. The molecule has 0 spiro atoms. The van der Waals surface area contributed by atoms with Gasteiger partial charge in [-0.05, 0) is 74.4 Å². The number of dihydropyridines is 1. The van der Waals surface area contributed by atoms with Crippen LogP contribution in [0.3, 0.4) is 0 Å². The predicted molar refractivity (Wildman–Crippen MR) is 142 cm³/mol. The fraction of sp³-hybridized carbons (Fsp3) is 0.400. The quantitative estimate of drug-likeness (QED) is 0.396. The third kappa shape index (κ3) is 5.52. The molecule has 0 fully saturated rings. The first-order chi connectivity index (χ1) is 17.3. The highest BCUT2D eigenvalue weighted by Crippen LogP contribution is 2.46. The zero-order chi connectivity index (χ0) is 25.8. The summed E-state index contributed by atoms with van der Waals surface area (Å²) in [4.78, 5) is 27.1. The standard InChI is InChI=1S/C30H34ClNO4/c1-5-15-35-24-13-9-21(10-14-24)28-27(30(34)36-18(3)6-2)19(4)32-25-16-22(17-26(33)29(25)28)20-7-11-23(31)12-8-20/h7-14,18,22,28,32H,5-6,15-17H2,1-4H3. The van der Waals surface area contributed by atoms with Gasteiger partial charge in [0.05, 0.1) is 18.3 Å². The topological polar surface area (TPSA) is 64.6 Å². The molecule has 2 aromatic rings. The van der Waals surface area contributed by atoms with Crippen LogP contribution in [0.4, 0.5) is 0 Å². The van der Waals surface area contributed by atoms with E-state index in [4.69, 9.17) is 21.1 Å². The van der Waals surface area contributed by atoms with Crippen molar-refractivity contribution in [3.63, 3.8) is 0 Å². The number of rotatable bonds is 8. The molecule has 1 N–H and O–H groups in total. The van der Waals surface area contributed by atoms with Crippen LogP contribution in [-0.4, -0.2) is 24.5 Å². The lowest BCUT2D eigenvalue weighted by Crippen LogP contribution is -2.36. The van der Waals surface area contributed by atoms with Gasteiger partial charge < -0.3 is 14.8 Å². The van der Waals surface area contributed by atoms with Crippen molar-refractivity contribution in [3.8, 4) is 5.75 Å². The summed E-state index contributed by atoms with van der Waals surface area (Å²) in [6.45, 7) is 8.45. The van der Waals surface area contributed by atoms with Gasteiger partial charge in [-0.2, -0.15) is 0 Å². The monoisotopic (exact) mass is 507 g/mol. The zero-order valence-corrected chi connectivity index (χ0v) is 22.2. The van der Waals surface area contributed by atoms with Gasteiger partial charge in [0.2, 0.25) is 0 Å². The largest absolute Gasteiger partial charge is 0.494 e. The molecule has 1 aliphatic heterocycles. The lowest BCUT2D eigenvalue weighted by Gasteiger charge is -2.37. The lowest BCUT2D eigenvalue weighted by molar-refractivity contribution is -0.144. The van der Waals surface area contributed by atoms with E-state index in [1.807, 2.05) is 69.3 Å². The molecule has 6 heteroatoms. The highest BCUT2D eigenvalue weighted by molar-refractivity contribution is 6.30. The van der Waals surface area contributed by atoms with E-state index < -0.39 is 5.92 Å². The SMILES string of the molecule is CCCOc1ccc(C2C(C(=O)OC(C)CC)=C(C)NC3=C2C(=O)CC(c2ccc(Cl)cc2)C3)cc1. The molecule has 0 radical (unpaired) electrons. The van der Waals surface area contributed by atoms with Crippen molar-refractivity contribution < 1.29 is 19.1 Å². The summed E-state index contributed by atoms with van der Waals surface area (Å²) in [6.07, 6.45) is 2.48. The van der Waals surface area contributed by atoms with E-state index in [9.17, 15) is 9.59 Å². The first-order valence-electron chi connectivity index (χ1n) is 12.8. The summed E-state index contributed by atoms with van der Waals surface area (Å²) < 4.78 is 11.5. The molecule has 3 unspecified atom stereocenters. The number of benzene rings is 2. The number of Topliss-reactive ketones (excluding diaryl/α,β-unsaturated/α-hetero) is 1. The van der Waals surface area contributed by atoms with Gasteiger partial charge in [0.25, 0.3) is 0 Å². The molecule has 5 nitrogen and oxygen atoms in total. The minimum Gasteiger partial charge on any atom is -0.494 e. The van der Waals surface area contributed by atoms with Gasteiger partial charge in [0.15, 0.2) is 5.78 Å². The smallest absolute Gasteiger partial charge is 0.337 e. The summed E-state index contributed by atoms with van der Waals surface area (Å²) >= 11 is 6.08. The summed E-state index contributed by atoms with van der Waals surface area (Å²) in [5.41, 5.74) is 4.71. The van der Waals surface area contributed by atoms with E-state index in [1.54, 1.807) is 0 Å². The summed E-state index contributed by atoms with van der Waals surface area (Å²) in [6, 6.07) is 15.4. The highest BCUT2D eigenvalue weighted by Gasteiger charge is 2.41. The van der Waals surface area contributed by atoms with Crippen LogP contribution in [0, 0.1) is 0 Å². The Kier molecular flexibility index (Phi) is 8.20. The van der Waals surface area contributed by atoms with Crippen LogP contribution in [0.5, 0.6) is 5.75 Å². The molecule has 0 saturated carbocycles. The Morgan fingerprint density at radius 1 is 1.06 bits per heavy atom. The van der Waals surface area contributed by atoms with E-state index in [-0.39, 0.29) is 23.8 Å². The Balaban J connectivity index is 1.74. The zero-order valence-electron chi connectivity index (χ0n) is 21.4. The Morgan fingerprint density at radius 3 is 2.36 bits per heavy atom. The molecular weight excluding hydrogens is 474 g/mol. The number of nitrogens with one attached hydrogen (secondary N) is 1. The van der Waals surface area contributed by atoms with Crippen molar-refractivity contribution in [1.82, 2.24) is 5.32 Å². The maximum Gasteiger partial charge on any atom is 0.337 e. The molecule has 0 aromatic heterocycles. The molecule has 36 heavy (non-hydrogen) atoms. The molecule has 0 amide bonds.